The highest BCUT2D eigenvalue weighted by Gasteiger charge is 2.15. The first-order chi connectivity index (χ1) is 25.3. The first-order valence-electron chi connectivity index (χ1n) is 21.9. The molecule has 1 N–H and O–H groups in total. The third-order valence-electron chi connectivity index (χ3n) is 9.75. The molecule has 2 amide bonds. The first kappa shape index (κ1) is 50.1. The zero-order valence-electron chi connectivity index (χ0n) is 35.1. The number of nitrogens with zero attached hydrogens (tertiary/aromatic N) is 2. The molecule has 0 radical (unpaired) electrons. The van der Waals surface area contributed by atoms with Crippen LogP contribution in [-0.4, -0.2) is 88.2 Å². The van der Waals surface area contributed by atoms with E-state index in [1.165, 1.54) is 148 Å². The molecule has 8 heteroatoms. The lowest BCUT2D eigenvalue weighted by molar-refractivity contribution is -0.146. The third kappa shape index (κ3) is 37.8. The van der Waals surface area contributed by atoms with Crippen LogP contribution in [0.5, 0.6) is 0 Å². The van der Waals surface area contributed by atoms with Gasteiger partial charge in [0.05, 0.1) is 13.2 Å². The van der Waals surface area contributed by atoms with E-state index in [-0.39, 0.29) is 30.8 Å². The van der Waals surface area contributed by atoms with Crippen molar-refractivity contribution in [3.63, 3.8) is 0 Å². The predicted octanol–water partition coefficient (Wildman–Crippen LogP) is 10.6. The Morgan fingerprint density at radius 2 is 1.10 bits per heavy atom. The molecule has 1 rings (SSSR count). The molecule has 0 spiro atoms. The number of allylic oxidation sites excluding steroid dienone is 2. The van der Waals surface area contributed by atoms with Crippen LogP contribution >= 0.6 is 0 Å². The van der Waals surface area contributed by atoms with Crippen LogP contribution in [0.4, 0.5) is 0 Å². The van der Waals surface area contributed by atoms with Crippen LogP contribution in [0.2, 0.25) is 0 Å². The van der Waals surface area contributed by atoms with E-state index in [0.29, 0.717) is 45.6 Å². The standard InChI is InChI=1S/C27H53N3O5.C17H32/c1-5-6-7-8-9-10-11-12-13-14-15-16-27(33)35-24-22-30(21-23-34-4)26(32)17-19-28-25(31)18-20-29(2)3;1-2-3-4-5-6-7-8-9-10-11-12-13-14-17-15-16-17/h5-24H2,1-4H3,(H,28,31);14H,2-13,15-16H2,1H3. The minimum atomic E-state index is -0.201. The lowest BCUT2D eigenvalue weighted by atomic mass is 10.1. The zero-order chi connectivity index (χ0) is 38.3. The molecule has 0 aromatic carbocycles. The molecule has 1 aliphatic carbocycles. The van der Waals surface area contributed by atoms with Gasteiger partial charge >= 0.3 is 5.97 Å². The topological polar surface area (TPSA) is 88.2 Å². The van der Waals surface area contributed by atoms with Crippen molar-refractivity contribution in [1.29, 1.82) is 0 Å². The summed E-state index contributed by atoms with van der Waals surface area (Å²) in [6.07, 6.45) is 37.4. The summed E-state index contributed by atoms with van der Waals surface area (Å²) in [5, 5.41) is 2.78. The number of ether oxygens (including phenoxy) is 2. The van der Waals surface area contributed by atoms with Crippen molar-refractivity contribution >= 4 is 17.8 Å². The van der Waals surface area contributed by atoms with Gasteiger partial charge in [-0.1, -0.05) is 154 Å². The fourth-order valence-corrected chi connectivity index (χ4v) is 6.11. The molecule has 8 nitrogen and oxygen atoms in total. The lowest BCUT2D eigenvalue weighted by Crippen LogP contribution is -2.39. The second-order valence-electron chi connectivity index (χ2n) is 15.2. The summed E-state index contributed by atoms with van der Waals surface area (Å²) in [5.74, 6) is -0.351. The molecule has 0 saturated heterocycles. The Hall–Kier alpha value is -1.93. The Balaban J connectivity index is 0.00000127. The molecule has 0 unspecified atom stereocenters. The monoisotopic (exact) mass is 736 g/mol. The van der Waals surface area contributed by atoms with Crippen molar-refractivity contribution in [3.05, 3.63) is 11.6 Å². The van der Waals surface area contributed by atoms with Gasteiger partial charge in [-0.05, 0) is 46.2 Å². The van der Waals surface area contributed by atoms with E-state index in [9.17, 15) is 14.4 Å². The van der Waals surface area contributed by atoms with Crippen LogP contribution in [-0.2, 0) is 23.9 Å². The fraction of sp³-hybridized carbons (Fsp3) is 0.886. The summed E-state index contributed by atoms with van der Waals surface area (Å²) >= 11 is 0. The van der Waals surface area contributed by atoms with Crippen molar-refractivity contribution in [1.82, 2.24) is 15.1 Å². The number of hydrogen-bond acceptors (Lipinski definition) is 6. The maximum absolute atomic E-state index is 12.5. The summed E-state index contributed by atoms with van der Waals surface area (Å²) in [6.45, 7) is 6.86. The van der Waals surface area contributed by atoms with Gasteiger partial charge in [0.2, 0.25) is 11.8 Å². The number of unbranched alkanes of at least 4 members (excludes halogenated alkanes) is 21. The lowest BCUT2D eigenvalue weighted by Gasteiger charge is -2.22. The smallest absolute Gasteiger partial charge is 0.305 e. The second kappa shape index (κ2) is 38.8. The van der Waals surface area contributed by atoms with E-state index in [1.807, 2.05) is 19.0 Å². The summed E-state index contributed by atoms with van der Waals surface area (Å²) < 4.78 is 10.4. The minimum Gasteiger partial charge on any atom is -0.464 e. The number of rotatable bonds is 36. The van der Waals surface area contributed by atoms with Crippen LogP contribution in [0, 0.1) is 0 Å². The molecule has 1 saturated carbocycles. The van der Waals surface area contributed by atoms with E-state index >= 15 is 0 Å². The minimum absolute atomic E-state index is 0.0636. The normalized spacial score (nSPS) is 12.0. The number of hydrogen-bond donors (Lipinski definition) is 1. The van der Waals surface area contributed by atoms with Crippen molar-refractivity contribution in [2.75, 3.05) is 60.6 Å². The first-order valence-corrected chi connectivity index (χ1v) is 21.9. The average molecular weight is 736 g/mol. The molecule has 52 heavy (non-hydrogen) atoms. The SMILES string of the molecule is CCCCCCCCCCCCCC(=O)OCCN(CCOC)C(=O)CCNC(=O)CCN(C)C.CCCCCCCCCCCCCC=C1CC1. The second-order valence-corrected chi connectivity index (χ2v) is 15.2. The Labute approximate surface area is 322 Å². The molecule has 1 fully saturated rings. The van der Waals surface area contributed by atoms with Gasteiger partial charge in [0.1, 0.15) is 6.61 Å². The Morgan fingerprint density at radius 3 is 1.58 bits per heavy atom. The molecular formula is C44H85N3O5. The highest BCUT2D eigenvalue weighted by Crippen LogP contribution is 2.28. The number of amides is 2. The van der Waals surface area contributed by atoms with Crippen molar-refractivity contribution in [3.8, 4) is 0 Å². The van der Waals surface area contributed by atoms with Crippen LogP contribution in [0.25, 0.3) is 0 Å². The maximum atomic E-state index is 12.5. The van der Waals surface area contributed by atoms with Crippen molar-refractivity contribution in [2.45, 2.75) is 194 Å². The molecular weight excluding hydrogens is 650 g/mol. The Kier molecular flexibility index (Phi) is 37.3. The van der Waals surface area contributed by atoms with Gasteiger partial charge in [-0.2, -0.15) is 0 Å². The van der Waals surface area contributed by atoms with Gasteiger partial charge in [0.15, 0.2) is 0 Å². The van der Waals surface area contributed by atoms with E-state index in [2.05, 4.69) is 25.2 Å². The highest BCUT2D eigenvalue weighted by molar-refractivity contribution is 5.79. The molecule has 0 aromatic rings. The molecule has 0 heterocycles. The number of carbonyl (C=O) groups excluding carboxylic acids is 3. The number of esters is 1. The van der Waals surface area contributed by atoms with Crippen LogP contribution in [0.1, 0.15) is 194 Å². The van der Waals surface area contributed by atoms with Gasteiger partial charge in [-0.15, -0.1) is 0 Å². The van der Waals surface area contributed by atoms with Gasteiger partial charge < -0.3 is 24.6 Å². The van der Waals surface area contributed by atoms with Crippen LogP contribution in [0.3, 0.4) is 0 Å². The van der Waals surface area contributed by atoms with E-state index in [0.717, 1.165) is 12.8 Å². The van der Waals surface area contributed by atoms with Gasteiger partial charge in [-0.3, -0.25) is 14.4 Å². The van der Waals surface area contributed by atoms with Crippen LogP contribution in [0.15, 0.2) is 11.6 Å². The average Bonchev–Trinajstić information content (AvgIpc) is 3.96. The van der Waals surface area contributed by atoms with Crippen LogP contribution < -0.4 is 5.32 Å². The number of carbonyl (C=O) groups is 3. The number of methoxy groups -OCH3 is 1. The highest BCUT2D eigenvalue weighted by atomic mass is 16.5. The van der Waals surface area contributed by atoms with Crippen molar-refractivity contribution in [2.24, 2.45) is 0 Å². The number of nitrogens with one attached hydrogen (secondary N) is 1. The van der Waals surface area contributed by atoms with E-state index in [1.54, 1.807) is 17.6 Å². The quantitative estimate of drug-likeness (QED) is 0.0392. The summed E-state index contributed by atoms with van der Waals surface area (Å²) in [7, 11) is 5.41. The molecule has 0 aliphatic heterocycles. The fourth-order valence-electron chi connectivity index (χ4n) is 6.11. The summed E-state index contributed by atoms with van der Waals surface area (Å²) in [6, 6.07) is 0. The Bertz CT molecular complexity index is 857. The third-order valence-corrected chi connectivity index (χ3v) is 9.75. The van der Waals surface area contributed by atoms with Gasteiger partial charge in [0, 0.05) is 46.0 Å². The predicted molar refractivity (Wildman–Crippen MR) is 220 cm³/mol. The van der Waals surface area contributed by atoms with Crippen molar-refractivity contribution < 1.29 is 23.9 Å². The van der Waals surface area contributed by atoms with Gasteiger partial charge in [-0.25, -0.2) is 0 Å². The van der Waals surface area contributed by atoms with Gasteiger partial charge in [0.25, 0.3) is 0 Å². The summed E-state index contributed by atoms with van der Waals surface area (Å²) in [4.78, 5) is 39.9. The van der Waals surface area contributed by atoms with E-state index in [4.69, 9.17) is 9.47 Å². The maximum Gasteiger partial charge on any atom is 0.305 e. The molecule has 306 valence electrons. The molecule has 0 bridgehead atoms. The largest absolute Gasteiger partial charge is 0.464 e. The zero-order valence-corrected chi connectivity index (χ0v) is 35.1. The summed E-state index contributed by atoms with van der Waals surface area (Å²) in [5.41, 5.74) is 1.72. The molecule has 0 aromatic heterocycles. The van der Waals surface area contributed by atoms with E-state index < -0.39 is 0 Å². The molecule has 0 atom stereocenters. The Morgan fingerprint density at radius 1 is 0.615 bits per heavy atom. The molecule has 1 aliphatic rings.